The molecule has 31 heavy (non-hydrogen) atoms. The molecule has 0 aliphatic carbocycles. The maximum absolute atomic E-state index is 13.6. The van der Waals surface area contributed by atoms with Gasteiger partial charge in [-0.3, -0.25) is 9.59 Å². The Morgan fingerprint density at radius 3 is 1.90 bits per heavy atom. The summed E-state index contributed by atoms with van der Waals surface area (Å²) >= 11 is 3.42. The lowest BCUT2D eigenvalue weighted by atomic mass is 10.1. The van der Waals surface area contributed by atoms with E-state index >= 15 is 0 Å². The first-order valence-corrected chi connectivity index (χ1v) is 11.0. The normalized spacial score (nSPS) is 11.6. The van der Waals surface area contributed by atoms with Crippen LogP contribution in [0.5, 0.6) is 23.0 Å². The molecule has 162 valence electrons. The van der Waals surface area contributed by atoms with Gasteiger partial charge >= 0.3 is 11.9 Å². The van der Waals surface area contributed by atoms with E-state index in [-0.39, 0.29) is 23.0 Å². The fourth-order valence-electron chi connectivity index (χ4n) is 3.12. The van der Waals surface area contributed by atoms with Crippen LogP contribution < -0.4 is 18.9 Å². The number of hydrogen-bond acceptors (Lipinski definition) is 7. The topological polar surface area (TPSA) is 88.1 Å². The molecule has 0 aliphatic heterocycles. The van der Waals surface area contributed by atoms with Crippen LogP contribution in [0.25, 0.3) is 10.8 Å². The number of halogens is 1. The molecule has 0 saturated heterocycles. The highest BCUT2D eigenvalue weighted by Gasteiger charge is 2.29. The third kappa shape index (κ3) is 4.42. The van der Waals surface area contributed by atoms with Gasteiger partial charge in [-0.25, -0.2) is 4.21 Å². The number of hydrogen-bond donors (Lipinski definition) is 0. The van der Waals surface area contributed by atoms with Gasteiger partial charge in [-0.15, -0.1) is 0 Å². The summed E-state index contributed by atoms with van der Waals surface area (Å²) in [6.07, 6.45) is 0. The lowest BCUT2D eigenvalue weighted by Gasteiger charge is -2.20. The van der Waals surface area contributed by atoms with E-state index in [0.717, 1.165) is 0 Å². The van der Waals surface area contributed by atoms with Crippen molar-refractivity contribution in [2.45, 2.75) is 23.6 Å². The second-order valence-electron chi connectivity index (χ2n) is 6.29. The smallest absolute Gasteiger partial charge is 0.308 e. The average molecular weight is 507 g/mol. The van der Waals surface area contributed by atoms with Crippen molar-refractivity contribution < 1.29 is 32.7 Å². The van der Waals surface area contributed by atoms with Gasteiger partial charge in [0.05, 0.1) is 34.8 Å². The Hall–Kier alpha value is -2.91. The summed E-state index contributed by atoms with van der Waals surface area (Å²) in [5.41, 5.74) is 0. The molecule has 0 bridgehead atoms. The zero-order valence-electron chi connectivity index (χ0n) is 17.2. The van der Waals surface area contributed by atoms with Crippen LogP contribution in [0.2, 0.25) is 0 Å². The van der Waals surface area contributed by atoms with Gasteiger partial charge in [0.15, 0.2) is 11.5 Å². The van der Waals surface area contributed by atoms with Gasteiger partial charge in [0, 0.05) is 29.1 Å². The molecule has 0 fully saturated rings. The Kier molecular flexibility index (Phi) is 6.97. The molecule has 0 heterocycles. The Bertz CT molecular complexity index is 1210. The molecule has 1 atom stereocenters. The number of methoxy groups -OCH3 is 2. The Morgan fingerprint density at radius 1 is 0.774 bits per heavy atom. The van der Waals surface area contributed by atoms with Crippen LogP contribution in [0.3, 0.4) is 0 Å². The summed E-state index contributed by atoms with van der Waals surface area (Å²) in [4.78, 5) is 24.6. The summed E-state index contributed by atoms with van der Waals surface area (Å²) < 4.78 is 36.0. The monoisotopic (exact) mass is 506 g/mol. The summed E-state index contributed by atoms with van der Waals surface area (Å²) in [5, 5.41) is 0.683. The maximum atomic E-state index is 13.6. The van der Waals surface area contributed by atoms with E-state index in [1.807, 2.05) is 6.07 Å². The summed E-state index contributed by atoms with van der Waals surface area (Å²) in [6.45, 7) is 2.49. The van der Waals surface area contributed by atoms with Crippen molar-refractivity contribution >= 4 is 49.4 Å². The highest BCUT2D eigenvalue weighted by molar-refractivity contribution is 9.10. The van der Waals surface area contributed by atoms with E-state index < -0.39 is 22.7 Å². The number of rotatable bonds is 6. The average Bonchev–Trinajstić information content (AvgIpc) is 2.73. The number of esters is 2. The zero-order chi connectivity index (χ0) is 22.7. The molecule has 0 amide bonds. The standard InChI is InChI=1S/C22H19BrO7S/c1-12(24)29-19-14-8-7-11-17(31(26)16-10-6-5-9-15(16)23)18(14)20(30-13(2)25)22(28-4)21(19)27-3/h5-11H,1-4H3. The van der Waals surface area contributed by atoms with Gasteiger partial charge in [0.25, 0.3) is 0 Å². The molecule has 9 heteroatoms. The second kappa shape index (κ2) is 9.49. The van der Waals surface area contributed by atoms with E-state index in [1.165, 1.54) is 28.1 Å². The first kappa shape index (κ1) is 22.8. The quantitative estimate of drug-likeness (QED) is 0.355. The van der Waals surface area contributed by atoms with Gasteiger partial charge in [-0.2, -0.15) is 0 Å². The summed E-state index contributed by atoms with van der Waals surface area (Å²) in [5.74, 6) is -0.983. The molecule has 0 N–H and O–H groups in total. The molecular weight excluding hydrogens is 488 g/mol. The van der Waals surface area contributed by atoms with Gasteiger partial charge in [-0.05, 0) is 34.1 Å². The van der Waals surface area contributed by atoms with Gasteiger partial charge in [0.1, 0.15) is 0 Å². The third-order valence-electron chi connectivity index (χ3n) is 4.25. The molecule has 7 nitrogen and oxygen atoms in total. The molecule has 0 aromatic heterocycles. The van der Waals surface area contributed by atoms with Crippen LogP contribution in [0, 0.1) is 0 Å². The number of fused-ring (bicyclic) bond motifs is 1. The number of carbonyl (C=O) groups excluding carboxylic acids is 2. The SMILES string of the molecule is COc1c(OC)c(OC(C)=O)c2c(S(=O)c3ccccc3Br)cccc2c1OC(C)=O. The maximum Gasteiger partial charge on any atom is 0.308 e. The Morgan fingerprint density at radius 2 is 1.32 bits per heavy atom. The fourth-order valence-corrected chi connectivity index (χ4v) is 5.12. The lowest BCUT2D eigenvalue weighted by Crippen LogP contribution is -2.09. The first-order chi connectivity index (χ1) is 14.8. The van der Waals surface area contributed by atoms with Crippen LogP contribution in [-0.2, 0) is 20.4 Å². The summed E-state index contributed by atoms with van der Waals surface area (Å²) in [6, 6.07) is 12.0. The van der Waals surface area contributed by atoms with Gasteiger partial charge < -0.3 is 18.9 Å². The van der Waals surface area contributed by atoms with Crippen molar-refractivity contribution in [3.05, 3.63) is 46.9 Å². The minimum atomic E-state index is -1.67. The van der Waals surface area contributed by atoms with Crippen LogP contribution in [-0.4, -0.2) is 30.4 Å². The Balaban J connectivity index is 2.48. The predicted octanol–water partition coefficient (Wildman–Crippen LogP) is 4.64. The molecule has 0 spiro atoms. The lowest BCUT2D eigenvalue weighted by molar-refractivity contribution is -0.133. The highest BCUT2D eigenvalue weighted by Crippen LogP contribution is 2.53. The van der Waals surface area contributed by atoms with Crippen LogP contribution in [0.15, 0.2) is 56.7 Å². The molecule has 0 aliphatic rings. The third-order valence-corrected chi connectivity index (χ3v) is 6.70. The number of carbonyl (C=O) groups is 2. The van der Waals surface area contributed by atoms with Crippen molar-refractivity contribution in [2.24, 2.45) is 0 Å². The number of benzene rings is 3. The van der Waals surface area contributed by atoms with E-state index in [9.17, 15) is 13.8 Å². The minimum Gasteiger partial charge on any atom is -0.490 e. The minimum absolute atomic E-state index is 0.0220. The Labute approximate surface area is 189 Å². The molecule has 3 aromatic rings. The first-order valence-electron chi connectivity index (χ1n) is 9.03. The fraction of sp³-hybridized carbons (Fsp3) is 0.182. The van der Waals surface area contributed by atoms with E-state index in [1.54, 1.807) is 36.4 Å². The highest BCUT2D eigenvalue weighted by atomic mass is 79.9. The van der Waals surface area contributed by atoms with Crippen molar-refractivity contribution in [1.82, 2.24) is 0 Å². The van der Waals surface area contributed by atoms with Crippen molar-refractivity contribution in [3.63, 3.8) is 0 Å². The molecule has 0 saturated carbocycles. The van der Waals surface area contributed by atoms with Crippen LogP contribution >= 0.6 is 15.9 Å². The molecule has 0 radical (unpaired) electrons. The van der Waals surface area contributed by atoms with E-state index in [0.29, 0.717) is 25.0 Å². The zero-order valence-corrected chi connectivity index (χ0v) is 19.6. The molecule has 3 rings (SSSR count). The largest absolute Gasteiger partial charge is 0.490 e. The van der Waals surface area contributed by atoms with E-state index in [4.69, 9.17) is 18.9 Å². The summed E-state index contributed by atoms with van der Waals surface area (Å²) in [7, 11) is 1.06. The van der Waals surface area contributed by atoms with Crippen LogP contribution in [0.4, 0.5) is 0 Å². The van der Waals surface area contributed by atoms with Crippen molar-refractivity contribution in [1.29, 1.82) is 0 Å². The molecular formula is C22H19BrO7S. The van der Waals surface area contributed by atoms with Gasteiger partial charge in [0.2, 0.25) is 11.5 Å². The second-order valence-corrected chi connectivity index (χ2v) is 8.56. The van der Waals surface area contributed by atoms with E-state index in [2.05, 4.69) is 15.9 Å². The van der Waals surface area contributed by atoms with Crippen molar-refractivity contribution in [3.8, 4) is 23.0 Å². The molecule has 3 aromatic carbocycles. The molecule has 1 unspecified atom stereocenters. The van der Waals surface area contributed by atoms with Crippen molar-refractivity contribution in [2.75, 3.05) is 14.2 Å². The van der Waals surface area contributed by atoms with Gasteiger partial charge in [-0.1, -0.05) is 24.3 Å². The van der Waals surface area contributed by atoms with Crippen LogP contribution in [0.1, 0.15) is 13.8 Å². The number of ether oxygens (including phenoxy) is 4. The predicted molar refractivity (Wildman–Crippen MR) is 118 cm³/mol.